The van der Waals surface area contributed by atoms with Gasteiger partial charge in [0.15, 0.2) is 5.78 Å². The van der Waals surface area contributed by atoms with Crippen molar-refractivity contribution in [2.24, 2.45) is 4.99 Å². The molecule has 1 aromatic heterocycles. The fourth-order valence-electron chi connectivity index (χ4n) is 3.17. The number of carbonyl (C=O) groups is 1. The summed E-state index contributed by atoms with van der Waals surface area (Å²) in [7, 11) is 3.05. The average molecular weight is 427 g/mol. The van der Waals surface area contributed by atoms with Crippen molar-refractivity contribution in [2.75, 3.05) is 27.4 Å². The topological polar surface area (TPSA) is 70.0 Å². The number of hydrogen-bond donors (Lipinski definition) is 0. The molecular weight excluding hydrogens is 404 g/mol. The first-order chi connectivity index (χ1) is 14.6. The lowest BCUT2D eigenvalue weighted by molar-refractivity contribution is -0.129. The van der Waals surface area contributed by atoms with Gasteiger partial charge in [-0.05, 0) is 42.3 Å². The normalized spacial score (nSPS) is 12.3. The Morgan fingerprint density at radius 3 is 2.57 bits per heavy atom. The first kappa shape index (κ1) is 21.7. The summed E-state index contributed by atoms with van der Waals surface area (Å²) in [4.78, 5) is 21.6. The number of benzene rings is 2. The van der Waals surface area contributed by atoms with E-state index >= 15 is 0 Å². The van der Waals surface area contributed by atoms with Gasteiger partial charge in [-0.15, -0.1) is 0 Å². The van der Waals surface area contributed by atoms with Gasteiger partial charge in [-0.2, -0.15) is 0 Å². The number of pyridine rings is 1. The van der Waals surface area contributed by atoms with Crippen LogP contribution in [0.3, 0.4) is 0 Å². The third-order valence-corrected chi connectivity index (χ3v) is 4.92. The van der Waals surface area contributed by atoms with E-state index in [1.54, 1.807) is 24.5 Å². The van der Waals surface area contributed by atoms with Crippen molar-refractivity contribution < 1.29 is 19.0 Å². The van der Waals surface area contributed by atoms with Gasteiger partial charge in [0.1, 0.15) is 29.2 Å². The predicted molar refractivity (Wildman–Crippen MR) is 118 cm³/mol. The maximum atomic E-state index is 12.9. The molecule has 0 saturated heterocycles. The third kappa shape index (κ3) is 4.78. The van der Waals surface area contributed by atoms with Crippen LogP contribution >= 0.6 is 11.6 Å². The Kier molecular flexibility index (Phi) is 7.38. The number of carbonyl (C=O) groups excluding carboxylic acids is 1. The van der Waals surface area contributed by atoms with E-state index in [9.17, 15) is 4.79 Å². The van der Waals surface area contributed by atoms with E-state index in [2.05, 4.69) is 9.98 Å². The van der Waals surface area contributed by atoms with E-state index in [1.807, 2.05) is 37.3 Å². The minimum atomic E-state index is -0.714. The highest BCUT2D eigenvalue weighted by atomic mass is 35.5. The lowest BCUT2D eigenvalue weighted by Gasteiger charge is -2.17. The van der Waals surface area contributed by atoms with Crippen LogP contribution < -0.4 is 9.47 Å². The molecule has 0 radical (unpaired) electrons. The summed E-state index contributed by atoms with van der Waals surface area (Å²) in [6.45, 7) is 2.23. The van der Waals surface area contributed by atoms with E-state index < -0.39 is 6.10 Å². The summed E-state index contributed by atoms with van der Waals surface area (Å²) in [5, 5.41) is 1.28. The fourth-order valence-corrected chi connectivity index (χ4v) is 3.43. The summed E-state index contributed by atoms with van der Waals surface area (Å²) in [6.07, 6.45) is 2.60. The first-order valence-corrected chi connectivity index (χ1v) is 9.86. The molecule has 0 saturated carbocycles. The van der Waals surface area contributed by atoms with Gasteiger partial charge >= 0.3 is 0 Å². The second kappa shape index (κ2) is 10.2. The van der Waals surface area contributed by atoms with Crippen LogP contribution in [0, 0.1) is 0 Å². The van der Waals surface area contributed by atoms with Crippen LogP contribution in [0.4, 0.5) is 0 Å². The maximum Gasteiger partial charge on any atom is 0.187 e. The zero-order chi connectivity index (χ0) is 21.5. The molecule has 7 heteroatoms. The highest BCUT2D eigenvalue weighted by Gasteiger charge is 2.22. The van der Waals surface area contributed by atoms with Gasteiger partial charge in [-0.3, -0.25) is 14.8 Å². The monoisotopic (exact) mass is 426 g/mol. The Labute approximate surface area is 180 Å². The Morgan fingerprint density at radius 2 is 1.90 bits per heavy atom. The van der Waals surface area contributed by atoms with E-state index in [1.165, 1.54) is 14.2 Å². The number of ether oxygens (including phenoxy) is 3. The summed E-state index contributed by atoms with van der Waals surface area (Å²) in [5.74, 6) is 0.802. The Hall–Kier alpha value is -2.96. The molecule has 0 bridgehead atoms. The van der Waals surface area contributed by atoms with Crippen molar-refractivity contribution in [3.8, 4) is 11.5 Å². The molecule has 0 aliphatic heterocycles. The predicted octanol–water partition coefficient (Wildman–Crippen LogP) is 4.67. The van der Waals surface area contributed by atoms with Crippen LogP contribution in [0.1, 0.15) is 24.2 Å². The van der Waals surface area contributed by atoms with Crippen molar-refractivity contribution in [1.29, 1.82) is 0 Å². The molecule has 0 aliphatic rings. The molecule has 1 unspecified atom stereocenters. The number of methoxy groups -OCH3 is 2. The van der Waals surface area contributed by atoms with E-state index in [0.717, 1.165) is 16.5 Å². The molecule has 156 valence electrons. The van der Waals surface area contributed by atoms with E-state index in [4.69, 9.17) is 25.8 Å². The molecule has 2 aromatic carbocycles. The number of aromatic nitrogens is 1. The van der Waals surface area contributed by atoms with E-state index in [0.29, 0.717) is 28.7 Å². The van der Waals surface area contributed by atoms with Crippen LogP contribution in [0.15, 0.2) is 53.7 Å². The number of aliphatic imine (C=N–C) groups is 1. The lowest BCUT2D eigenvalue weighted by atomic mass is 10.00. The van der Waals surface area contributed by atoms with Gasteiger partial charge in [0.05, 0.1) is 19.7 Å². The number of ketones is 1. The van der Waals surface area contributed by atoms with Gasteiger partial charge in [-0.1, -0.05) is 29.8 Å². The Morgan fingerprint density at radius 1 is 1.17 bits per heavy atom. The molecule has 0 fully saturated rings. The molecule has 0 aliphatic carbocycles. The van der Waals surface area contributed by atoms with Crippen LogP contribution in [-0.4, -0.2) is 44.4 Å². The molecule has 0 N–H and O–H groups in total. The highest BCUT2D eigenvalue weighted by Crippen LogP contribution is 2.34. The zero-order valence-electron chi connectivity index (χ0n) is 17.1. The van der Waals surface area contributed by atoms with Crippen LogP contribution in [-0.2, 0) is 9.53 Å². The fraction of sp³-hybridized carbons (Fsp3) is 0.261. The van der Waals surface area contributed by atoms with Gasteiger partial charge in [-0.25, -0.2) is 0 Å². The van der Waals surface area contributed by atoms with E-state index in [-0.39, 0.29) is 12.3 Å². The van der Waals surface area contributed by atoms with Gasteiger partial charge < -0.3 is 14.2 Å². The largest absolute Gasteiger partial charge is 0.495 e. The molecule has 3 aromatic rings. The summed E-state index contributed by atoms with van der Waals surface area (Å²) < 4.78 is 16.3. The van der Waals surface area contributed by atoms with Crippen molar-refractivity contribution in [3.63, 3.8) is 0 Å². The highest BCUT2D eigenvalue weighted by molar-refractivity contribution is 6.33. The molecular formula is C23H23ClN2O4. The third-order valence-electron chi connectivity index (χ3n) is 4.54. The molecule has 1 heterocycles. The molecule has 1 atom stereocenters. The first-order valence-electron chi connectivity index (χ1n) is 9.48. The molecule has 6 nitrogen and oxygen atoms in total. The number of Topliss-reactive ketones (excluding diaryl/α,β-unsaturated/α-hetero) is 1. The second-order valence-corrected chi connectivity index (χ2v) is 6.81. The summed E-state index contributed by atoms with van der Waals surface area (Å²) in [5.41, 5.74) is 2.32. The summed E-state index contributed by atoms with van der Waals surface area (Å²) in [6, 6.07) is 12.9. The smallest absolute Gasteiger partial charge is 0.187 e. The van der Waals surface area contributed by atoms with Crippen molar-refractivity contribution in [2.45, 2.75) is 13.0 Å². The standard InChI is InChI=1S/C23H23ClN2O4/c1-4-30-23(17-7-5-9-18-16(17)8-6-10-26-18)19(27)14-25-13-15-11-20(28-2)22(24)21(12-15)29-3/h5-13,23H,4,14H2,1-3H3. The van der Waals surface area contributed by atoms with Crippen LogP contribution in [0.25, 0.3) is 10.9 Å². The van der Waals surface area contributed by atoms with Gasteiger partial charge in [0, 0.05) is 24.4 Å². The number of hydrogen-bond acceptors (Lipinski definition) is 6. The molecule has 30 heavy (non-hydrogen) atoms. The lowest BCUT2D eigenvalue weighted by Crippen LogP contribution is -2.19. The van der Waals surface area contributed by atoms with Crippen LogP contribution in [0.5, 0.6) is 11.5 Å². The van der Waals surface area contributed by atoms with Crippen molar-refractivity contribution in [1.82, 2.24) is 4.98 Å². The maximum absolute atomic E-state index is 12.9. The van der Waals surface area contributed by atoms with Crippen molar-refractivity contribution in [3.05, 3.63) is 64.8 Å². The Balaban J connectivity index is 1.82. The molecule has 0 spiro atoms. The SMILES string of the molecule is CCOC(C(=O)CN=Cc1cc(OC)c(Cl)c(OC)c1)c1cccc2ncccc12. The number of nitrogens with zero attached hydrogens (tertiary/aromatic N) is 2. The Bertz CT molecular complexity index is 1040. The number of rotatable bonds is 9. The van der Waals surface area contributed by atoms with Crippen LogP contribution in [0.2, 0.25) is 5.02 Å². The second-order valence-electron chi connectivity index (χ2n) is 6.43. The average Bonchev–Trinajstić information content (AvgIpc) is 2.78. The molecule has 0 amide bonds. The number of fused-ring (bicyclic) bond motifs is 1. The zero-order valence-corrected chi connectivity index (χ0v) is 17.8. The summed E-state index contributed by atoms with van der Waals surface area (Å²) >= 11 is 6.19. The minimum absolute atomic E-state index is 0.0332. The van der Waals surface area contributed by atoms with Gasteiger partial charge in [0.25, 0.3) is 0 Å². The molecule has 3 rings (SSSR count). The number of halogens is 1. The van der Waals surface area contributed by atoms with Gasteiger partial charge in [0.2, 0.25) is 0 Å². The minimum Gasteiger partial charge on any atom is -0.495 e. The van der Waals surface area contributed by atoms with Crippen molar-refractivity contribution >= 4 is 34.5 Å². The quantitative estimate of drug-likeness (QED) is 0.465.